The number of hydrogen-bond donors (Lipinski definition) is 2. The van der Waals surface area contributed by atoms with Gasteiger partial charge >= 0.3 is 0 Å². The van der Waals surface area contributed by atoms with Crippen molar-refractivity contribution in [3.63, 3.8) is 0 Å². The Kier molecular flexibility index (Phi) is 7.05. The summed E-state index contributed by atoms with van der Waals surface area (Å²) in [7, 11) is 1.49. The van der Waals surface area contributed by atoms with Crippen LogP contribution in [0.25, 0.3) is 0 Å². The lowest BCUT2D eigenvalue weighted by Gasteiger charge is -2.20. The molecule has 2 rings (SSSR count). The van der Waals surface area contributed by atoms with E-state index in [4.69, 9.17) is 16.3 Å². The molecule has 2 aromatic rings. The number of ether oxygens (including phenoxy) is 1. The van der Waals surface area contributed by atoms with Crippen molar-refractivity contribution >= 4 is 28.7 Å². The standard InChI is InChI=1S/C18H22ClN3O4S/c1-18(2,3)27(25)22-13(12-6-5-11(26-4)7-15(12)23)8-16(24)14-9-21-17(19)10-20-14/h5-7,9-10,16,23-24H,8H2,1-4H3/t16-,27-/m0/s1. The fourth-order valence-corrected chi connectivity index (χ4v) is 2.84. The van der Waals surface area contributed by atoms with Crippen molar-refractivity contribution in [2.75, 3.05) is 7.11 Å². The quantitative estimate of drug-likeness (QED) is 0.557. The highest BCUT2D eigenvalue weighted by Gasteiger charge is 2.29. The smallest absolute Gasteiger partial charge is 0.147 e. The van der Waals surface area contributed by atoms with E-state index < -0.39 is 22.2 Å². The highest BCUT2D eigenvalue weighted by Crippen LogP contribution is 2.29. The first-order valence-electron chi connectivity index (χ1n) is 8.14. The van der Waals surface area contributed by atoms with Crippen molar-refractivity contribution in [1.29, 1.82) is 0 Å². The van der Waals surface area contributed by atoms with Gasteiger partial charge in [0.15, 0.2) is 0 Å². The number of rotatable bonds is 6. The second kappa shape index (κ2) is 8.88. The number of aromatic nitrogens is 2. The number of phenolic OH excluding ortho intramolecular Hbond substituents is 1. The molecule has 0 aliphatic heterocycles. The highest BCUT2D eigenvalue weighted by atomic mass is 35.5. The minimum atomic E-state index is -1.58. The minimum Gasteiger partial charge on any atom is -0.591 e. The van der Waals surface area contributed by atoms with Crippen molar-refractivity contribution in [1.82, 2.24) is 9.97 Å². The molecule has 0 radical (unpaired) electrons. The third kappa shape index (κ3) is 5.80. The van der Waals surface area contributed by atoms with Crippen LogP contribution in [0.3, 0.4) is 0 Å². The van der Waals surface area contributed by atoms with Gasteiger partial charge in [0.25, 0.3) is 0 Å². The summed E-state index contributed by atoms with van der Waals surface area (Å²) in [5.74, 6) is 0.380. The summed E-state index contributed by atoms with van der Waals surface area (Å²) >= 11 is 4.14. The Hall–Kier alpha value is -1.87. The highest BCUT2D eigenvalue weighted by molar-refractivity contribution is 7.91. The van der Waals surface area contributed by atoms with Crippen LogP contribution in [-0.2, 0) is 11.4 Å². The van der Waals surface area contributed by atoms with Gasteiger partial charge < -0.3 is 19.5 Å². The zero-order valence-corrected chi connectivity index (χ0v) is 17.1. The number of methoxy groups -OCH3 is 1. The number of hydrogen-bond acceptors (Lipinski definition) is 7. The van der Waals surface area contributed by atoms with E-state index in [1.54, 1.807) is 32.9 Å². The van der Waals surface area contributed by atoms with Crippen LogP contribution in [0.2, 0.25) is 5.15 Å². The zero-order valence-electron chi connectivity index (χ0n) is 15.5. The fraction of sp³-hybridized carbons (Fsp3) is 0.389. The molecular weight excluding hydrogens is 390 g/mol. The zero-order chi connectivity index (χ0) is 20.2. The molecule has 0 aliphatic rings. The van der Waals surface area contributed by atoms with Gasteiger partial charge in [0.2, 0.25) is 0 Å². The summed E-state index contributed by atoms with van der Waals surface area (Å²) in [6.45, 7) is 5.37. The van der Waals surface area contributed by atoms with Gasteiger partial charge in [-0.3, -0.25) is 4.98 Å². The molecule has 9 heteroatoms. The second-order valence-corrected chi connectivity index (χ2v) is 9.06. The Balaban J connectivity index is 2.41. The van der Waals surface area contributed by atoms with Crippen LogP contribution < -0.4 is 4.74 Å². The number of phenols is 1. The van der Waals surface area contributed by atoms with E-state index in [1.807, 2.05) is 0 Å². The molecule has 2 atom stereocenters. The first kappa shape index (κ1) is 21.4. The SMILES string of the molecule is COc1ccc(C(C[C@H](O)c2cnc(Cl)cn2)=N[S@@+]([O-])C(C)(C)C)c(O)c1. The number of aliphatic hydroxyl groups excluding tert-OH is 1. The average molecular weight is 412 g/mol. The van der Waals surface area contributed by atoms with Gasteiger partial charge in [-0.05, 0) is 32.9 Å². The van der Waals surface area contributed by atoms with Gasteiger partial charge in [-0.2, -0.15) is 0 Å². The minimum absolute atomic E-state index is 0.0159. The van der Waals surface area contributed by atoms with E-state index in [2.05, 4.69) is 14.4 Å². The van der Waals surface area contributed by atoms with Crippen LogP contribution in [0.15, 0.2) is 35.0 Å². The molecule has 0 spiro atoms. The molecule has 0 unspecified atom stereocenters. The lowest BCUT2D eigenvalue weighted by Crippen LogP contribution is -2.27. The van der Waals surface area contributed by atoms with E-state index in [1.165, 1.54) is 25.6 Å². The first-order valence-corrected chi connectivity index (χ1v) is 9.62. The Labute approximate surface area is 166 Å². The summed E-state index contributed by atoms with van der Waals surface area (Å²) in [6, 6.07) is 4.69. The number of aliphatic hydroxyl groups is 1. The summed E-state index contributed by atoms with van der Waals surface area (Å²) in [5.41, 5.74) is 0.934. The maximum atomic E-state index is 12.5. The number of halogens is 1. The molecule has 0 saturated heterocycles. The Morgan fingerprint density at radius 2 is 2.04 bits per heavy atom. The van der Waals surface area contributed by atoms with Crippen LogP contribution in [0.4, 0.5) is 0 Å². The molecular formula is C18H22ClN3O4S. The van der Waals surface area contributed by atoms with E-state index in [-0.39, 0.29) is 23.0 Å². The van der Waals surface area contributed by atoms with Gasteiger partial charge in [0, 0.05) is 18.1 Å². The lowest BCUT2D eigenvalue weighted by molar-refractivity contribution is 0.181. The fourth-order valence-electron chi connectivity index (χ4n) is 2.10. The third-order valence-electron chi connectivity index (χ3n) is 3.60. The van der Waals surface area contributed by atoms with Crippen molar-refractivity contribution in [3.8, 4) is 11.5 Å². The van der Waals surface area contributed by atoms with Gasteiger partial charge in [-0.25, -0.2) is 4.98 Å². The molecule has 0 amide bonds. The average Bonchev–Trinajstić information content (AvgIpc) is 2.60. The van der Waals surface area contributed by atoms with Crippen molar-refractivity contribution in [2.45, 2.75) is 38.0 Å². The Morgan fingerprint density at radius 3 is 2.56 bits per heavy atom. The molecule has 1 aromatic heterocycles. The van der Waals surface area contributed by atoms with Crippen LogP contribution in [0.5, 0.6) is 11.5 Å². The van der Waals surface area contributed by atoms with Crippen LogP contribution in [0, 0.1) is 0 Å². The molecule has 2 N–H and O–H groups in total. The molecule has 7 nitrogen and oxygen atoms in total. The van der Waals surface area contributed by atoms with E-state index in [9.17, 15) is 14.8 Å². The first-order chi connectivity index (χ1) is 12.6. The van der Waals surface area contributed by atoms with Gasteiger partial charge in [0.1, 0.15) is 44.6 Å². The summed E-state index contributed by atoms with van der Waals surface area (Å²) < 4.78 is 21.3. The van der Waals surface area contributed by atoms with Gasteiger partial charge in [0.05, 0.1) is 25.2 Å². The predicted octanol–water partition coefficient (Wildman–Crippen LogP) is 3.22. The second-order valence-electron chi connectivity index (χ2n) is 6.77. The number of benzene rings is 1. The maximum absolute atomic E-state index is 12.5. The molecule has 0 bridgehead atoms. The van der Waals surface area contributed by atoms with Crippen molar-refractivity contribution < 1.29 is 19.5 Å². The molecule has 0 saturated carbocycles. The topological polar surface area (TPSA) is 111 Å². The molecule has 1 aromatic carbocycles. The number of nitrogens with zero attached hydrogens (tertiary/aromatic N) is 3. The third-order valence-corrected chi connectivity index (χ3v) is 5.23. The lowest BCUT2D eigenvalue weighted by atomic mass is 10.0. The summed E-state index contributed by atoms with van der Waals surface area (Å²) in [4.78, 5) is 7.94. The molecule has 146 valence electrons. The van der Waals surface area contributed by atoms with E-state index in [0.29, 0.717) is 17.0 Å². The van der Waals surface area contributed by atoms with Crippen molar-refractivity contribution in [3.05, 3.63) is 47.0 Å². The van der Waals surface area contributed by atoms with Crippen molar-refractivity contribution in [2.24, 2.45) is 4.40 Å². The van der Waals surface area contributed by atoms with E-state index >= 15 is 0 Å². The van der Waals surface area contributed by atoms with Crippen LogP contribution >= 0.6 is 11.6 Å². The van der Waals surface area contributed by atoms with Gasteiger partial charge in [-0.15, -0.1) is 0 Å². The molecule has 0 aliphatic carbocycles. The summed E-state index contributed by atoms with van der Waals surface area (Å²) in [5, 5.41) is 21.1. The Morgan fingerprint density at radius 1 is 1.33 bits per heavy atom. The van der Waals surface area contributed by atoms with Gasteiger partial charge in [-0.1, -0.05) is 16.0 Å². The van der Waals surface area contributed by atoms with Crippen LogP contribution in [-0.4, -0.2) is 42.3 Å². The molecule has 27 heavy (non-hydrogen) atoms. The van der Waals surface area contributed by atoms with Crippen LogP contribution in [0.1, 0.15) is 44.6 Å². The number of aromatic hydroxyl groups is 1. The normalized spacial score (nSPS) is 14.7. The summed E-state index contributed by atoms with van der Waals surface area (Å²) in [6.07, 6.45) is 1.61. The monoisotopic (exact) mass is 411 g/mol. The maximum Gasteiger partial charge on any atom is 0.147 e. The largest absolute Gasteiger partial charge is 0.591 e. The Bertz CT molecular complexity index is 809. The van der Waals surface area contributed by atoms with E-state index in [0.717, 1.165) is 0 Å². The molecule has 0 fully saturated rings. The molecule has 1 heterocycles. The predicted molar refractivity (Wildman–Crippen MR) is 106 cm³/mol.